The van der Waals surface area contributed by atoms with Crippen molar-refractivity contribution in [2.45, 2.75) is 45.6 Å². The number of rotatable bonds is 6. The third-order valence-electron chi connectivity index (χ3n) is 7.27. The van der Waals surface area contributed by atoms with E-state index in [2.05, 4.69) is 0 Å². The third-order valence-corrected chi connectivity index (χ3v) is 7.27. The number of ketones is 1. The van der Waals surface area contributed by atoms with Crippen molar-refractivity contribution in [2.24, 2.45) is 11.8 Å². The number of likely N-dealkylation sites (tertiary alicyclic amines) is 1. The van der Waals surface area contributed by atoms with Gasteiger partial charge in [0.2, 0.25) is 11.8 Å². The van der Waals surface area contributed by atoms with Gasteiger partial charge in [-0.2, -0.15) is 0 Å². The highest BCUT2D eigenvalue weighted by molar-refractivity contribution is 6.07. The van der Waals surface area contributed by atoms with Gasteiger partial charge >= 0.3 is 5.97 Å². The zero-order valence-corrected chi connectivity index (χ0v) is 20.0. The molecule has 0 spiro atoms. The highest BCUT2D eigenvalue weighted by Gasteiger charge is 2.51. The maximum absolute atomic E-state index is 14.4. The second-order valence-electron chi connectivity index (χ2n) is 9.42. The van der Waals surface area contributed by atoms with Crippen LogP contribution < -0.4 is 4.90 Å². The zero-order valence-electron chi connectivity index (χ0n) is 20.0. The highest BCUT2D eigenvalue weighted by atomic mass is 19.1. The van der Waals surface area contributed by atoms with E-state index in [1.807, 2.05) is 0 Å². The number of imide groups is 1. The Morgan fingerprint density at radius 1 is 1.03 bits per heavy atom. The van der Waals surface area contributed by atoms with Gasteiger partial charge in [-0.05, 0) is 44.9 Å². The van der Waals surface area contributed by atoms with Crippen LogP contribution in [0.5, 0.6) is 0 Å². The van der Waals surface area contributed by atoms with Crippen LogP contribution in [-0.2, 0) is 23.9 Å². The molecule has 9 nitrogen and oxygen atoms in total. The monoisotopic (exact) mass is 487 g/mol. The summed E-state index contributed by atoms with van der Waals surface area (Å²) in [5.74, 6) is -3.25. The van der Waals surface area contributed by atoms with E-state index in [-0.39, 0.29) is 29.4 Å². The molecule has 4 rings (SSSR count). The van der Waals surface area contributed by atoms with E-state index in [0.717, 1.165) is 17.7 Å². The molecule has 2 aliphatic heterocycles. The first-order valence-corrected chi connectivity index (χ1v) is 12.1. The van der Waals surface area contributed by atoms with Gasteiger partial charge < -0.3 is 14.5 Å². The molecule has 3 fully saturated rings. The average Bonchev–Trinajstić information content (AvgIpc) is 3.11. The molecule has 3 amide bonds. The lowest BCUT2D eigenvalue weighted by Crippen LogP contribution is -2.50. The standard InChI is InChI=1S/C25H30FN3O6/c1-15(29-23(32)18-5-3-4-6-19(18)24(29)33)25(34)35-14-22(31)28-11-9-27(10-12-28)21-8-7-17(16(2)30)13-20(21)26/h7-8,13,15,18-19H,3-6,9-12,14H2,1-2H3/t15-,18?,19?/m0/s1. The van der Waals surface area contributed by atoms with Gasteiger partial charge in [-0.3, -0.25) is 24.1 Å². The van der Waals surface area contributed by atoms with Crippen molar-refractivity contribution in [2.75, 3.05) is 37.7 Å². The molecule has 1 aromatic rings. The fraction of sp³-hybridized carbons (Fsp3) is 0.560. The van der Waals surface area contributed by atoms with E-state index in [1.165, 1.54) is 24.8 Å². The first-order valence-electron chi connectivity index (χ1n) is 12.1. The van der Waals surface area contributed by atoms with E-state index in [9.17, 15) is 28.4 Å². The number of carbonyl (C=O) groups excluding carboxylic acids is 5. The Bertz CT molecular complexity index is 1030. The third kappa shape index (κ3) is 4.92. The molecule has 0 radical (unpaired) electrons. The second kappa shape index (κ2) is 10.1. The van der Waals surface area contributed by atoms with Crippen LogP contribution in [-0.4, -0.2) is 78.1 Å². The largest absolute Gasteiger partial charge is 0.454 e. The predicted molar refractivity (Wildman–Crippen MR) is 123 cm³/mol. The first-order chi connectivity index (χ1) is 16.7. The molecule has 188 valence electrons. The van der Waals surface area contributed by atoms with Crippen LogP contribution in [0.1, 0.15) is 49.9 Å². The molecule has 10 heteroatoms. The maximum Gasteiger partial charge on any atom is 0.329 e. The quantitative estimate of drug-likeness (QED) is 0.342. The maximum atomic E-state index is 14.4. The number of halogens is 1. The van der Waals surface area contributed by atoms with Crippen molar-refractivity contribution in [3.8, 4) is 0 Å². The lowest BCUT2D eigenvalue weighted by Gasteiger charge is -2.36. The molecule has 2 heterocycles. The number of carbonyl (C=O) groups is 5. The molecular formula is C25H30FN3O6. The number of esters is 1. The van der Waals surface area contributed by atoms with Crippen molar-refractivity contribution < 1.29 is 33.1 Å². The Morgan fingerprint density at radius 3 is 2.17 bits per heavy atom. The minimum atomic E-state index is -1.08. The smallest absolute Gasteiger partial charge is 0.329 e. The normalized spacial score (nSPS) is 23.2. The number of hydrogen-bond donors (Lipinski definition) is 0. The van der Waals surface area contributed by atoms with Gasteiger partial charge in [-0.15, -0.1) is 0 Å². The molecule has 1 aromatic carbocycles. The minimum absolute atomic E-state index is 0.216. The molecule has 2 saturated heterocycles. The van der Waals surface area contributed by atoms with E-state index >= 15 is 0 Å². The predicted octanol–water partition coefficient (Wildman–Crippen LogP) is 1.78. The van der Waals surface area contributed by atoms with E-state index < -0.39 is 30.3 Å². The summed E-state index contributed by atoms with van der Waals surface area (Å²) in [6, 6.07) is 3.26. The van der Waals surface area contributed by atoms with Crippen LogP contribution in [0.25, 0.3) is 0 Å². The summed E-state index contributed by atoms with van der Waals surface area (Å²) in [5.41, 5.74) is 0.662. The summed E-state index contributed by atoms with van der Waals surface area (Å²) in [4.78, 5) is 66.2. The number of piperazine rings is 1. The van der Waals surface area contributed by atoms with Gasteiger partial charge in [0.1, 0.15) is 11.9 Å². The Morgan fingerprint density at radius 2 is 1.63 bits per heavy atom. The number of amides is 3. The molecule has 3 atom stereocenters. The van der Waals surface area contributed by atoms with Gasteiger partial charge in [0.05, 0.1) is 17.5 Å². The van der Waals surface area contributed by atoms with E-state index in [1.54, 1.807) is 17.0 Å². The molecule has 1 aliphatic carbocycles. The van der Waals surface area contributed by atoms with Crippen LogP contribution in [0.3, 0.4) is 0 Å². The van der Waals surface area contributed by atoms with Gasteiger partial charge in [0, 0.05) is 31.7 Å². The molecule has 1 saturated carbocycles. The summed E-state index contributed by atoms with van der Waals surface area (Å²) in [6.07, 6.45) is 3.10. The lowest BCUT2D eigenvalue weighted by molar-refractivity contribution is -0.161. The van der Waals surface area contributed by atoms with Crippen LogP contribution in [0.2, 0.25) is 0 Å². The highest BCUT2D eigenvalue weighted by Crippen LogP contribution is 2.39. The molecule has 0 N–H and O–H groups in total. The zero-order chi connectivity index (χ0) is 25.3. The fourth-order valence-electron chi connectivity index (χ4n) is 5.20. The first kappa shape index (κ1) is 24.8. The number of fused-ring (bicyclic) bond motifs is 1. The van der Waals surface area contributed by atoms with Crippen molar-refractivity contribution >= 4 is 35.2 Å². The molecule has 0 bridgehead atoms. The van der Waals surface area contributed by atoms with Crippen molar-refractivity contribution in [1.82, 2.24) is 9.80 Å². The van der Waals surface area contributed by atoms with Gasteiger partial charge in [-0.1, -0.05) is 12.8 Å². The second-order valence-corrected chi connectivity index (χ2v) is 9.42. The summed E-state index contributed by atoms with van der Waals surface area (Å²) < 4.78 is 19.6. The molecule has 35 heavy (non-hydrogen) atoms. The fourth-order valence-corrected chi connectivity index (χ4v) is 5.20. The van der Waals surface area contributed by atoms with Gasteiger partial charge in [0.15, 0.2) is 12.4 Å². The van der Waals surface area contributed by atoms with Gasteiger partial charge in [0.25, 0.3) is 5.91 Å². The molecule has 2 unspecified atom stereocenters. The number of hydrogen-bond acceptors (Lipinski definition) is 7. The number of nitrogens with zero attached hydrogens (tertiary/aromatic N) is 3. The van der Waals surface area contributed by atoms with Gasteiger partial charge in [-0.25, -0.2) is 9.18 Å². The topological polar surface area (TPSA) is 104 Å². The van der Waals surface area contributed by atoms with Crippen LogP contribution in [0.4, 0.5) is 10.1 Å². The number of anilines is 1. The van der Waals surface area contributed by atoms with Crippen molar-refractivity contribution in [3.05, 3.63) is 29.6 Å². The van der Waals surface area contributed by atoms with Crippen LogP contribution in [0, 0.1) is 17.7 Å². The SMILES string of the molecule is CC(=O)c1ccc(N2CCN(C(=O)COC(=O)[C@H](C)N3C(=O)C4CCCCC4C3=O)CC2)c(F)c1. The Balaban J connectivity index is 1.27. The number of benzene rings is 1. The Labute approximate surface area is 203 Å². The molecular weight excluding hydrogens is 457 g/mol. The number of ether oxygens (including phenoxy) is 1. The van der Waals surface area contributed by atoms with Crippen molar-refractivity contribution in [3.63, 3.8) is 0 Å². The summed E-state index contributed by atoms with van der Waals surface area (Å²) in [7, 11) is 0. The van der Waals surface area contributed by atoms with Crippen LogP contribution in [0.15, 0.2) is 18.2 Å². The Kier molecular flexibility index (Phi) is 7.18. The van der Waals surface area contributed by atoms with E-state index in [0.29, 0.717) is 50.3 Å². The van der Waals surface area contributed by atoms with E-state index in [4.69, 9.17) is 4.74 Å². The minimum Gasteiger partial charge on any atom is -0.454 e. The average molecular weight is 488 g/mol. The lowest BCUT2D eigenvalue weighted by atomic mass is 9.81. The molecule has 3 aliphatic rings. The van der Waals surface area contributed by atoms with Crippen molar-refractivity contribution in [1.29, 1.82) is 0 Å². The summed E-state index contributed by atoms with van der Waals surface area (Å²) >= 11 is 0. The Hall–Kier alpha value is -3.30. The number of Topliss-reactive ketones (excluding diaryl/α,β-unsaturated/α-hetero) is 1. The molecule has 0 aromatic heterocycles. The summed E-state index contributed by atoms with van der Waals surface area (Å²) in [5, 5.41) is 0. The van der Waals surface area contributed by atoms with Crippen LogP contribution >= 0.6 is 0 Å². The summed E-state index contributed by atoms with van der Waals surface area (Å²) in [6.45, 7) is 3.72.